The fraction of sp³-hybridized carbons (Fsp3) is 0.522. The van der Waals surface area contributed by atoms with Crippen LogP contribution in [0.1, 0.15) is 32.0 Å². The molecule has 7 nitrogen and oxygen atoms in total. The molecule has 2 fully saturated rings. The number of benzene rings is 1. The van der Waals surface area contributed by atoms with Gasteiger partial charge in [-0.1, -0.05) is 25.4 Å². The van der Waals surface area contributed by atoms with E-state index in [0.29, 0.717) is 30.6 Å². The van der Waals surface area contributed by atoms with Gasteiger partial charge in [0.1, 0.15) is 5.82 Å². The number of carbonyl (C=O) groups is 2. The highest BCUT2D eigenvalue weighted by atomic mass is 35.5. The van der Waals surface area contributed by atoms with Crippen LogP contribution in [-0.4, -0.2) is 70.4 Å². The van der Waals surface area contributed by atoms with Gasteiger partial charge in [-0.25, -0.2) is 4.98 Å². The van der Waals surface area contributed by atoms with Crippen LogP contribution in [0.5, 0.6) is 0 Å². The Balaban J connectivity index is 1.27. The van der Waals surface area contributed by atoms with Crippen LogP contribution >= 0.6 is 11.6 Å². The smallest absolute Gasteiger partial charge is 0.228 e. The maximum atomic E-state index is 13.0. The van der Waals surface area contributed by atoms with Crippen LogP contribution in [0.4, 0.5) is 5.69 Å². The summed E-state index contributed by atoms with van der Waals surface area (Å²) in [4.78, 5) is 36.0. The van der Waals surface area contributed by atoms with E-state index in [1.54, 1.807) is 17.0 Å². The fourth-order valence-corrected chi connectivity index (χ4v) is 4.58. The zero-order valence-electron chi connectivity index (χ0n) is 18.2. The van der Waals surface area contributed by atoms with Gasteiger partial charge in [0.2, 0.25) is 11.8 Å². The number of halogens is 1. The van der Waals surface area contributed by atoms with E-state index in [0.717, 1.165) is 37.7 Å². The number of nitrogens with zero attached hydrogens (tertiary/aromatic N) is 5. The molecule has 2 aliphatic rings. The predicted octanol–water partition coefficient (Wildman–Crippen LogP) is 2.86. The molecule has 2 amide bonds. The maximum absolute atomic E-state index is 13.0. The SMILES string of the molecule is CC(C)c1nccn1CCN1CCN(C(=O)C2CC(=O)N(c3ccc(Cl)cc3)C2)CC1. The second-order valence-electron chi connectivity index (χ2n) is 8.68. The lowest BCUT2D eigenvalue weighted by atomic mass is 10.1. The van der Waals surface area contributed by atoms with Gasteiger partial charge in [-0.3, -0.25) is 14.5 Å². The first-order valence-electron chi connectivity index (χ1n) is 11.0. The molecule has 0 saturated carbocycles. The van der Waals surface area contributed by atoms with Crippen LogP contribution in [0, 0.1) is 5.92 Å². The van der Waals surface area contributed by atoms with Gasteiger partial charge in [0.05, 0.1) is 5.92 Å². The largest absolute Gasteiger partial charge is 0.340 e. The highest BCUT2D eigenvalue weighted by Crippen LogP contribution is 2.27. The van der Waals surface area contributed by atoms with Crippen LogP contribution in [0.25, 0.3) is 0 Å². The molecule has 1 atom stereocenters. The molecule has 166 valence electrons. The lowest BCUT2D eigenvalue weighted by molar-refractivity contribution is -0.137. The van der Waals surface area contributed by atoms with Crippen molar-refractivity contribution in [3.05, 3.63) is 47.5 Å². The van der Waals surface area contributed by atoms with Crippen molar-refractivity contribution in [3.63, 3.8) is 0 Å². The molecule has 1 aromatic carbocycles. The minimum Gasteiger partial charge on any atom is -0.340 e. The predicted molar refractivity (Wildman–Crippen MR) is 121 cm³/mol. The minimum absolute atomic E-state index is 0.000553. The lowest BCUT2D eigenvalue weighted by Crippen LogP contribution is -2.51. The summed E-state index contributed by atoms with van der Waals surface area (Å²) < 4.78 is 2.22. The molecule has 2 aliphatic heterocycles. The lowest BCUT2D eigenvalue weighted by Gasteiger charge is -2.36. The van der Waals surface area contributed by atoms with Gasteiger partial charge >= 0.3 is 0 Å². The summed E-state index contributed by atoms with van der Waals surface area (Å²) in [5.41, 5.74) is 0.801. The Morgan fingerprint density at radius 1 is 1.13 bits per heavy atom. The Morgan fingerprint density at radius 2 is 1.84 bits per heavy atom. The van der Waals surface area contributed by atoms with Gasteiger partial charge in [0.15, 0.2) is 0 Å². The van der Waals surface area contributed by atoms with Gasteiger partial charge in [-0.15, -0.1) is 0 Å². The summed E-state index contributed by atoms with van der Waals surface area (Å²) in [6.45, 7) is 9.77. The van der Waals surface area contributed by atoms with Crippen molar-refractivity contribution in [1.29, 1.82) is 0 Å². The van der Waals surface area contributed by atoms with E-state index >= 15 is 0 Å². The van der Waals surface area contributed by atoms with E-state index in [-0.39, 0.29) is 24.2 Å². The third kappa shape index (κ3) is 4.93. The number of amides is 2. The number of hydrogen-bond donors (Lipinski definition) is 0. The van der Waals surface area contributed by atoms with Crippen LogP contribution in [0.2, 0.25) is 5.02 Å². The van der Waals surface area contributed by atoms with Crippen molar-refractivity contribution in [3.8, 4) is 0 Å². The normalized spacial score (nSPS) is 20.1. The third-order valence-corrected chi connectivity index (χ3v) is 6.47. The molecular weight excluding hydrogens is 414 g/mol. The second kappa shape index (κ2) is 9.40. The summed E-state index contributed by atoms with van der Waals surface area (Å²) >= 11 is 5.95. The summed E-state index contributed by atoms with van der Waals surface area (Å²) in [5.74, 6) is 1.35. The van der Waals surface area contributed by atoms with Crippen molar-refractivity contribution < 1.29 is 9.59 Å². The van der Waals surface area contributed by atoms with E-state index in [1.807, 2.05) is 29.4 Å². The molecule has 8 heteroatoms. The molecule has 0 N–H and O–H groups in total. The van der Waals surface area contributed by atoms with Crippen molar-refractivity contribution in [2.24, 2.45) is 5.92 Å². The van der Waals surface area contributed by atoms with Crippen molar-refractivity contribution in [1.82, 2.24) is 19.4 Å². The highest BCUT2D eigenvalue weighted by molar-refractivity contribution is 6.30. The van der Waals surface area contributed by atoms with Gasteiger partial charge in [-0.05, 0) is 24.3 Å². The fourth-order valence-electron chi connectivity index (χ4n) is 4.45. The van der Waals surface area contributed by atoms with Crippen LogP contribution in [0.15, 0.2) is 36.7 Å². The van der Waals surface area contributed by atoms with Gasteiger partial charge in [-0.2, -0.15) is 0 Å². The first-order valence-corrected chi connectivity index (χ1v) is 11.4. The van der Waals surface area contributed by atoms with Crippen molar-refractivity contribution in [2.75, 3.05) is 44.2 Å². The van der Waals surface area contributed by atoms with E-state index in [9.17, 15) is 9.59 Å². The number of anilines is 1. The van der Waals surface area contributed by atoms with Gasteiger partial charge in [0, 0.05) is 81.3 Å². The zero-order valence-corrected chi connectivity index (χ0v) is 19.0. The molecule has 2 saturated heterocycles. The molecule has 1 aromatic heterocycles. The average Bonchev–Trinajstić information content (AvgIpc) is 3.39. The minimum atomic E-state index is -0.269. The Kier molecular flexibility index (Phi) is 6.62. The summed E-state index contributed by atoms with van der Waals surface area (Å²) in [6, 6.07) is 7.20. The average molecular weight is 444 g/mol. The molecule has 0 aliphatic carbocycles. The van der Waals surface area contributed by atoms with E-state index in [1.165, 1.54) is 0 Å². The number of hydrogen-bond acceptors (Lipinski definition) is 4. The number of imidazole rings is 1. The zero-order chi connectivity index (χ0) is 22.0. The Bertz CT molecular complexity index is 918. The topological polar surface area (TPSA) is 61.7 Å². The highest BCUT2D eigenvalue weighted by Gasteiger charge is 2.37. The molecular formula is C23H30ClN5O2. The van der Waals surface area contributed by atoms with E-state index in [2.05, 4.69) is 28.3 Å². The molecule has 2 aromatic rings. The summed E-state index contributed by atoms with van der Waals surface area (Å²) in [5, 5.41) is 0.634. The number of piperazine rings is 1. The quantitative estimate of drug-likeness (QED) is 0.688. The Hall–Kier alpha value is -2.38. The molecule has 0 spiro atoms. The first-order chi connectivity index (χ1) is 14.9. The Morgan fingerprint density at radius 3 is 2.52 bits per heavy atom. The molecule has 3 heterocycles. The number of carbonyl (C=O) groups excluding carboxylic acids is 2. The van der Waals surface area contributed by atoms with Gasteiger partial charge < -0.3 is 14.4 Å². The Labute approximate surface area is 188 Å². The molecule has 1 unspecified atom stereocenters. The maximum Gasteiger partial charge on any atom is 0.228 e. The van der Waals surface area contributed by atoms with Crippen molar-refractivity contribution in [2.45, 2.75) is 32.7 Å². The molecule has 4 rings (SSSR count). The van der Waals surface area contributed by atoms with Crippen LogP contribution in [0.3, 0.4) is 0 Å². The van der Waals surface area contributed by atoms with Crippen LogP contribution in [-0.2, 0) is 16.1 Å². The summed E-state index contributed by atoms with van der Waals surface area (Å²) in [6.07, 6.45) is 4.18. The number of rotatable bonds is 6. The monoisotopic (exact) mass is 443 g/mol. The standard InChI is InChI=1S/C23H30ClN5O2/c1-17(2)22-25-7-8-27(22)12-9-26-10-13-28(14-11-26)23(31)18-15-21(30)29(16-18)20-5-3-19(24)4-6-20/h3-8,17-18H,9-16H2,1-2H3. The molecule has 0 radical (unpaired) electrons. The second-order valence-corrected chi connectivity index (χ2v) is 9.12. The van der Waals surface area contributed by atoms with E-state index in [4.69, 9.17) is 11.6 Å². The number of aromatic nitrogens is 2. The van der Waals surface area contributed by atoms with Crippen LogP contribution < -0.4 is 4.90 Å². The molecule has 31 heavy (non-hydrogen) atoms. The molecule has 0 bridgehead atoms. The third-order valence-electron chi connectivity index (χ3n) is 6.22. The summed E-state index contributed by atoms with van der Waals surface area (Å²) in [7, 11) is 0. The van der Waals surface area contributed by atoms with Gasteiger partial charge in [0.25, 0.3) is 0 Å². The first kappa shape index (κ1) is 21.8. The van der Waals surface area contributed by atoms with Crippen molar-refractivity contribution >= 4 is 29.1 Å². The van der Waals surface area contributed by atoms with E-state index < -0.39 is 0 Å².